The second-order valence-electron chi connectivity index (χ2n) is 9.96. The van der Waals surface area contributed by atoms with E-state index in [1.807, 2.05) is 38.1 Å². The second-order valence-corrected chi connectivity index (χ2v) is 9.96. The van der Waals surface area contributed by atoms with Crippen molar-refractivity contribution in [3.05, 3.63) is 70.8 Å². The summed E-state index contributed by atoms with van der Waals surface area (Å²) in [6, 6.07) is 14.3. The van der Waals surface area contributed by atoms with Crippen molar-refractivity contribution in [2.75, 3.05) is 39.4 Å². The molecule has 0 aromatic heterocycles. The van der Waals surface area contributed by atoms with Crippen molar-refractivity contribution in [3.8, 4) is 5.75 Å². The van der Waals surface area contributed by atoms with E-state index >= 15 is 0 Å². The van der Waals surface area contributed by atoms with E-state index in [9.17, 15) is 14.7 Å². The van der Waals surface area contributed by atoms with Crippen LogP contribution in [0.15, 0.2) is 54.1 Å². The molecule has 2 fully saturated rings. The van der Waals surface area contributed by atoms with Gasteiger partial charge in [-0.15, -0.1) is 0 Å². The number of aliphatic hydroxyl groups is 1. The summed E-state index contributed by atoms with van der Waals surface area (Å²) in [5.74, 6) is -0.375. The maximum absolute atomic E-state index is 13.3. The van der Waals surface area contributed by atoms with E-state index in [1.54, 1.807) is 29.2 Å². The summed E-state index contributed by atoms with van der Waals surface area (Å²) >= 11 is 0. The first kappa shape index (κ1) is 25.9. The number of morpholine rings is 1. The highest BCUT2D eigenvalue weighted by atomic mass is 16.5. The van der Waals surface area contributed by atoms with E-state index in [-0.39, 0.29) is 17.4 Å². The third kappa shape index (κ3) is 5.63. The molecular formula is C29H36N2O5. The van der Waals surface area contributed by atoms with E-state index in [2.05, 4.69) is 18.7 Å². The number of amides is 1. The maximum Gasteiger partial charge on any atom is 0.295 e. The Morgan fingerprint density at radius 2 is 1.61 bits per heavy atom. The largest absolute Gasteiger partial charge is 0.507 e. The van der Waals surface area contributed by atoms with Crippen molar-refractivity contribution < 1.29 is 24.2 Å². The molecule has 2 aliphatic heterocycles. The third-order valence-electron chi connectivity index (χ3n) is 6.72. The molecule has 7 heteroatoms. The van der Waals surface area contributed by atoms with Gasteiger partial charge in [0.1, 0.15) is 11.5 Å². The topological polar surface area (TPSA) is 79.3 Å². The average molecular weight is 493 g/mol. The molecule has 2 saturated heterocycles. The lowest BCUT2D eigenvalue weighted by molar-refractivity contribution is -0.140. The van der Waals surface area contributed by atoms with Gasteiger partial charge in [0.2, 0.25) is 0 Å². The van der Waals surface area contributed by atoms with Gasteiger partial charge in [0.25, 0.3) is 11.7 Å². The van der Waals surface area contributed by atoms with Crippen LogP contribution in [0.5, 0.6) is 5.75 Å². The summed E-state index contributed by atoms with van der Waals surface area (Å²) < 4.78 is 11.1. The average Bonchev–Trinajstić information content (AvgIpc) is 3.12. The van der Waals surface area contributed by atoms with Crippen molar-refractivity contribution in [2.45, 2.75) is 45.8 Å². The Hall–Kier alpha value is -3.16. The van der Waals surface area contributed by atoms with Crippen molar-refractivity contribution in [2.24, 2.45) is 0 Å². The molecule has 0 saturated carbocycles. The lowest BCUT2D eigenvalue weighted by atomic mass is 9.93. The minimum absolute atomic E-state index is 0.0232. The first-order valence-corrected chi connectivity index (χ1v) is 12.7. The van der Waals surface area contributed by atoms with Gasteiger partial charge in [-0.2, -0.15) is 0 Å². The summed E-state index contributed by atoms with van der Waals surface area (Å²) in [6.45, 7) is 12.1. The first-order valence-electron chi connectivity index (χ1n) is 12.7. The minimum atomic E-state index is -0.657. The van der Waals surface area contributed by atoms with Crippen LogP contribution in [0, 0.1) is 0 Å². The third-order valence-corrected chi connectivity index (χ3v) is 6.72. The minimum Gasteiger partial charge on any atom is -0.507 e. The zero-order chi connectivity index (χ0) is 25.8. The van der Waals surface area contributed by atoms with Crippen LogP contribution in [0.25, 0.3) is 5.76 Å². The van der Waals surface area contributed by atoms with Gasteiger partial charge in [-0.1, -0.05) is 38.1 Å². The number of carbonyl (C=O) groups excluding carboxylic acids is 2. The van der Waals surface area contributed by atoms with Crippen LogP contribution in [0.2, 0.25) is 0 Å². The molecule has 4 rings (SSSR count). The highest BCUT2D eigenvalue weighted by molar-refractivity contribution is 6.46. The molecule has 0 aliphatic carbocycles. The Morgan fingerprint density at radius 3 is 2.19 bits per heavy atom. The standard InChI is InChI=1S/C29H36N2O5/c1-19(2)21-5-7-22(8-6-21)26-25(27(32)23-9-11-24(12-10-23)36-20(3)4)28(33)29(34)31(26)14-13-30-15-17-35-18-16-30/h5-12,19-20,26,32H,13-18H2,1-4H3/b27-25+. The van der Waals surface area contributed by atoms with Gasteiger partial charge in [0.05, 0.1) is 30.9 Å². The maximum atomic E-state index is 13.3. The smallest absolute Gasteiger partial charge is 0.295 e. The lowest BCUT2D eigenvalue weighted by Crippen LogP contribution is -2.42. The zero-order valence-electron chi connectivity index (χ0n) is 21.6. The molecule has 2 aliphatic rings. The number of likely N-dealkylation sites (tertiary alicyclic amines) is 1. The highest BCUT2D eigenvalue weighted by Crippen LogP contribution is 2.39. The molecule has 1 amide bonds. The molecule has 2 heterocycles. The lowest BCUT2D eigenvalue weighted by Gasteiger charge is -2.31. The van der Waals surface area contributed by atoms with Gasteiger partial charge in [-0.25, -0.2) is 0 Å². The number of ether oxygens (including phenoxy) is 2. The van der Waals surface area contributed by atoms with E-state index < -0.39 is 17.7 Å². The predicted molar refractivity (Wildman–Crippen MR) is 139 cm³/mol. The fourth-order valence-electron chi connectivity index (χ4n) is 4.71. The van der Waals surface area contributed by atoms with Gasteiger partial charge in [-0.05, 0) is 55.2 Å². The van der Waals surface area contributed by atoms with Gasteiger partial charge in [0.15, 0.2) is 0 Å². The number of hydrogen-bond donors (Lipinski definition) is 1. The summed E-state index contributed by atoms with van der Waals surface area (Å²) in [4.78, 5) is 30.3. The van der Waals surface area contributed by atoms with Gasteiger partial charge < -0.3 is 19.5 Å². The quantitative estimate of drug-likeness (QED) is 0.335. The summed E-state index contributed by atoms with van der Waals surface area (Å²) in [5, 5.41) is 11.3. The van der Waals surface area contributed by atoms with E-state index in [4.69, 9.17) is 9.47 Å². The fraction of sp³-hybridized carbons (Fsp3) is 0.448. The molecule has 0 bridgehead atoms. The van der Waals surface area contributed by atoms with Crippen LogP contribution < -0.4 is 4.74 Å². The summed E-state index contributed by atoms with van der Waals surface area (Å²) in [6.07, 6.45) is 0.0232. The van der Waals surface area contributed by atoms with Gasteiger partial charge >= 0.3 is 0 Å². The fourth-order valence-corrected chi connectivity index (χ4v) is 4.71. The van der Waals surface area contributed by atoms with Crippen LogP contribution in [-0.2, 0) is 14.3 Å². The molecule has 0 spiro atoms. The monoisotopic (exact) mass is 492 g/mol. The Balaban J connectivity index is 1.70. The van der Waals surface area contributed by atoms with Crippen LogP contribution >= 0.6 is 0 Å². The Labute approximate surface area is 213 Å². The first-order chi connectivity index (χ1) is 17.3. The summed E-state index contributed by atoms with van der Waals surface area (Å²) in [7, 11) is 0. The number of ketones is 1. The molecule has 1 atom stereocenters. The molecule has 192 valence electrons. The Morgan fingerprint density at radius 1 is 0.972 bits per heavy atom. The van der Waals surface area contributed by atoms with Gasteiger partial charge in [0, 0.05) is 31.7 Å². The van der Waals surface area contributed by atoms with Gasteiger partial charge in [-0.3, -0.25) is 14.5 Å². The molecule has 7 nitrogen and oxygen atoms in total. The zero-order valence-corrected chi connectivity index (χ0v) is 21.6. The number of hydrogen-bond acceptors (Lipinski definition) is 6. The van der Waals surface area contributed by atoms with Crippen molar-refractivity contribution in [1.82, 2.24) is 9.80 Å². The number of aliphatic hydroxyl groups excluding tert-OH is 1. The summed E-state index contributed by atoms with van der Waals surface area (Å²) in [5.41, 5.74) is 2.57. The van der Waals surface area contributed by atoms with Crippen molar-refractivity contribution in [1.29, 1.82) is 0 Å². The molecular weight excluding hydrogens is 456 g/mol. The van der Waals surface area contributed by atoms with Crippen LogP contribution in [0.4, 0.5) is 0 Å². The predicted octanol–water partition coefficient (Wildman–Crippen LogP) is 4.35. The Kier molecular flexibility index (Phi) is 8.11. The number of nitrogens with zero attached hydrogens (tertiary/aromatic N) is 2. The molecule has 36 heavy (non-hydrogen) atoms. The van der Waals surface area contributed by atoms with E-state index in [1.165, 1.54) is 5.56 Å². The number of Topliss-reactive ketones (excluding diaryl/α,β-unsaturated/α-hetero) is 1. The molecule has 1 unspecified atom stereocenters. The van der Waals surface area contributed by atoms with E-state index in [0.717, 1.165) is 18.7 Å². The molecule has 2 aromatic carbocycles. The van der Waals surface area contributed by atoms with Crippen molar-refractivity contribution >= 4 is 17.4 Å². The normalized spacial score (nSPS) is 20.5. The second kappa shape index (κ2) is 11.3. The number of rotatable bonds is 8. The Bertz CT molecular complexity index is 1100. The SMILES string of the molecule is CC(C)Oc1ccc(/C(O)=C2\C(=O)C(=O)N(CCN3CCOCC3)C2c2ccc(C(C)C)cc2)cc1. The van der Waals surface area contributed by atoms with Crippen molar-refractivity contribution in [3.63, 3.8) is 0 Å². The molecule has 2 aromatic rings. The highest BCUT2D eigenvalue weighted by Gasteiger charge is 2.46. The van der Waals surface area contributed by atoms with E-state index in [0.29, 0.717) is 43.5 Å². The number of benzene rings is 2. The van der Waals surface area contributed by atoms with Crippen LogP contribution in [-0.4, -0.2) is 72.1 Å². The molecule has 0 radical (unpaired) electrons. The number of carbonyl (C=O) groups is 2. The van der Waals surface area contributed by atoms with Crippen LogP contribution in [0.1, 0.15) is 56.3 Å². The van der Waals surface area contributed by atoms with Crippen LogP contribution in [0.3, 0.4) is 0 Å². The molecule has 1 N–H and O–H groups in total.